The maximum Gasteiger partial charge on any atom is 0.262 e. The first-order valence-corrected chi connectivity index (χ1v) is 12.0. The fourth-order valence-electron chi connectivity index (χ4n) is 3.71. The monoisotopic (exact) mass is 558 g/mol. The van der Waals surface area contributed by atoms with E-state index in [-0.39, 0.29) is 11.6 Å². The van der Waals surface area contributed by atoms with Crippen LogP contribution in [-0.2, 0) is 11.4 Å². The van der Waals surface area contributed by atoms with Crippen molar-refractivity contribution in [3.8, 4) is 11.8 Å². The highest BCUT2D eigenvalue weighted by molar-refractivity contribution is 14.1. The van der Waals surface area contributed by atoms with Crippen molar-refractivity contribution in [1.82, 2.24) is 5.32 Å². The highest BCUT2D eigenvalue weighted by Crippen LogP contribution is 2.26. The predicted octanol–water partition coefficient (Wildman–Crippen LogP) is 6.81. The Kier molecular flexibility index (Phi) is 7.61. The van der Waals surface area contributed by atoms with Crippen LogP contribution in [0.25, 0.3) is 16.8 Å². The number of halogens is 1. The van der Waals surface area contributed by atoms with Gasteiger partial charge in [0.05, 0.1) is 9.61 Å². The maximum atomic E-state index is 12.7. The summed E-state index contributed by atoms with van der Waals surface area (Å²) in [4.78, 5) is 12.7. The zero-order chi connectivity index (χ0) is 23.9. The number of rotatable bonds is 7. The Morgan fingerprint density at radius 1 is 1.03 bits per heavy atom. The molecule has 168 valence electrons. The smallest absolute Gasteiger partial charge is 0.262 e. The van der Waals surface area contributed by atoms with Gasteiger partial charge in [-0.05, 0) is 75.2 Å². The Morgan fingerprint density at radius 2 is 1.76 bits per heavy atom. The molecule has 0 aromatic heterocycles. The van der Waals surface area contributed by atoms with E-state index >= 15 is 0 Å². The zero-order valence-corrected chi connectivity index (χ0v) is 20.8. The van der Waals surface area contributed by atoms with Crippen LogP contribution in [0.2, 0.25) is 0 Å². The second-order valence-electron chi connectivity index (χ2n) is 7.89. The van der Waals surface area contributed by atoms with Crippen LogP contribution in [-0.4, -0.2) is 5.91 Å². The number of nitrogens with one attached hydrogen (secondary N) is 1. The molecule has 1 N–H and O–H groups in total. The molecule has 4 nitrogen and oxygen atoms in total. The molecule has 4 rings (SSSR count). The Morgan fingerprint density at radius 3 is 2.53 bits per heavy atom. The molecule has 5 heteroatoms. The molecule has 1 amide bonds. The summed E-state index contributed by atoms with van der Waals surface area (Å²) in [6, 6.07) is 31.6. The van der Waals surface area contributed by atoms with Crippen LogP contribution in [0, 0.1) is 14.9 Å². The van der Waals surface area contributed by atoms with Crippen LogP contribution in [0.1, 0.15) is 29.7 Å². The van der Waals surface area contributed by atoms with Crippen LogP contribution in [0.4, 0.5) is 0 Å². The second-order valence-corrected chi connectivity index (χ2v) is 9.05. The Hall–Kier alpha value is -3.63. The third-order valence-electron chi connectivity index (χ3n) is 5.54. The van der Waals surface area contributed by atoms with Crippen LogP contribution < -0.4 is 10.1 Å². The Labute approximate surface area is 213 Å². The topological polar surface area (TPSA) is 62.1 Å². The summed E-state index contributed by atoms with van der Waals surface area (Å²) in [6.07, 6.45) is 1.60. The van der Waals surface area contributed by atoms with E-state index in [4.69, 9.17) is 4.74 Å². The lowest BCUT2D eigenvalue weighted by Crippen LogP contribution is -2.27. The number of hydrogen-bond donors (Lipinski definition) is 1. The molecular formula is C29H23IN2O2. The summed E-state index contributed by atoms with van der Waals surface area (Å²) in [6.45, 7) is 2.35. The summed E-state index contributed by atoms with van der Waals surface area (Å²) < 4.78 is 7.00. The van der Waals surface area contributed by atoms with Crippen LogP contribution in [0.3, 0.4) is 0 Å². The van der Waals surface area contributed by atoms with E-state index in [0.717, 1.165) is 26.0 Å². The van der Waals surface area contributed by atoms with E-state index in [1.807, 2.05) is 79.7 Å². The van der Waals surface area contributed by atoms with E-state index in [0.29, 0.717) is 6.61 Å². The van der Waals surface area contributed by atoms with Gasteiger partial charge in [-0.3, -0.25) is 4.79 Å². The molecule has 34 heavy (non-hydrogen) atoms. The molecule has 0 unspecified atom stereocenters. The van der Waals surface area contributed by atoms with Gasteiger partial charge in [-0.1, -0.05) is 78.9 Å². The van der Waals surface area contributed by atoms with Crippen molar-refractivity contribution in [3.63, 3.8) is 0 Å². The second kappa shape index (κ2) is 11.0. The number of nitrogens with zero attached hydrogens (tertiary/aromatic N) is 1. The van der Waals surface area contributed by atoms with Gasteiger partial charge in [0.1, 0.15) is 24.0 Å². The molecular weight excluding hydrogens is 535 g/mol. The van der Waals surface area contributed by atoms with Gasteiger partial charge in [0.25, 0.3) is 5.91 Å². The summed E-state index contributed by atoms with van der Waals surface area (Å²) in [7, 11) is 0. The summed E-state index contributed by atoms with van der Waals surface area (Å²) >= 11 is 2.21. The Bertz CT molecular complexity index is 1390. The van der Waals surface area contributed by atoms with Crippen LogP contribution >= 0.6 is 22.6 Å². The van der Waals surface area contributed by atoms with Gasteiger partial charge in [0.15, 0.2) is 0 Å². The number of fused-ring (bicyclic) bond motifs is 1. The maximum absolute atomic E-state index is 12.7. The van der Waals surface area contributed by atoms with Gasteiger partial charge in [0.2, 0.25) is 0 Å². The zero-order valence-electron chi connectivity index (χ0n) is 18.7. The van der Waals surface area contributed by atoms with Gasteiger partial charge in [-0.2, -0.15) is 5.26 Å². The standard InChI is InChI=1S/C29H23IN2O2/c1-20(22-8-3-2-4-9-22)32-29(33)25(18-31)16-21-14-15-28(27(30)17-21)34-19-24-12-7-11-23-10-5-6-13-26(23)24/h2-17,20H,19H2,1H3,(H,32,33)/b25-16-/t20-/m0/s1. The van der Waals surface area contributed by atoms with E-state index in [2.05, 4.69) is 52.2 Å². The number of hydrogen-bond acceptors (Lipinski definition) is 3. The third kappa shape index (κ3) is 5.64. The minimum absolute atomic E-state index is 0.0583. The third-order valence-corrected chi connectivity index (χ3v) is 6.39. The highest BCUT2D eigenvalue weighted by Gasteiger charge is 2.14. The largest absolute Gasteiger partial charge is 0.488 e. The fraction of sp³-hybridized carbons (Fsp3) is 0.103. The number of ether oxygens (including phenoxy) is 1. The normalized spacial score (nSPS) is 12.1. The van der Waals surface area contributed by atoms with Gasteiger partial charge in [0, 0.05) is 0 Å². The van der Waals surface area contributed by atoms with Crippen LogP contribution in [0.5, 0.6) is 5.75 Å². The first-order valence-electron chi connectivity index (χ1n) is 10.9. The molecule has 4 aromatic rings. The van der Waals surface area contributed by atoms with Crippen molar-refractivity contribution in [1.29, 1.82) is 5.26 Å². The van der Waals surface area contributed by atoms with Gasteiger partial charge in [-0.15, -0.1) is 0 Å². The van der Waals surface area contributed by atoms with Gasteiger partial charge < -0.3 is 10.1 Å². The summed E-state index contributed by atoms with van der Waals surface area (Å²) in [5.74, 6) is 0.358. The molecule has 0 aliphatic rings. The van der Waals surface area contributed by atoms with Crippen molar-refractivity contribution in [3.05, 3.63) is 117 Å². The van der Waals surface area contributed by atoms with E-state index in [9.17, 15) is 10.1 Å². The van der Waals surface area contributed by atoms with Crippen LogP contribution in [0.15, 0.2) is 96.6 Å². The predicted molar refractivity (Wildman–Crippen MR) is 144 cm³/mol. The quantitative estimate of drug-likeness (QED) is 0.154. The average Bonchev–Trinajstić information content (AvgIpc) is 2.87. The minimum atomic E-state index is -0.398. The lowest BCUT2D eigenvalue weighted by Gasteiger charge is -2.14. The molecule has 0 heterocycles. The van der Waals surface area contributed by atoms with Crippen molar-refractivity contribution < 1.29 is 9.53 Å². The van der Waals surface area contributed by atoms with Gasteiger partial charge >= 0.3 is 0 Å². The molecule has 0 radical (unpaired) electrons. The number of carbonyl (C=O) groups is 1. The minimum Gasteiger partial charge on any atom is -0.488 e. The highest BCUT2D eigenvalue weighted by atomic mass is 127. The summed E-state index contributed by atoms with van der Waals surface area (Å²) in [5, 5.41) is 14.8. The van der Waals surface area contributed by atoms with Gasteiger partial charge in [-0.25, -0.2) is 0 Å². The molecule has 0 aliphatic carbocycles. The fourth-order valence-corrected chi connectivity index (χ4v) is 4.41. The molecule has 0 saturated heterocycles. The molecule has 4 aromatic carbocycles. The van der Waals surface area contributed by atoms with E-state index in [1.165, 1.54) is 10.8 Å². The van der Waals surface area contributed by atoms with Crippen molar-refractivity contribution in [2.45, 2.75) is 19.6 Å². The molecule has 0 bridgehead atoms. The molecule has 1 atom stereocenters. The SMILES string of the molecule is C[C@H](NC(=O)/C(C#N)=C\c1ccc(OCc2cccc3ccccc23)c(I)c1)c1ccccc1. The molecule has 0 saturated carbocycles. The summed E-state index contributed by atoms with van der Waals surface area (Å²) in [5.41, 5.74) is 2.92. The Balaban J connectivity index is 1.46. The lowest BCUT2D eigenvalue weighted by molar-refractivity contribution is -0.117. The number of carbonyl (C=O) groups excluding carboxylic acids is 1. The first kappa shape index (κ1) is 23.5. The first-order chi connectivity index (χ1) is 16.5. The van der Waals surface area contributed by atoms with E-state index < -0.39 is 5.91 Å². The average molecular weight is 558 g/mol. The number of nitriles is 1. The molecule has 0 aliphatic heterocycles. The lowest BCUT2D eigenvalue weighted by atomic mass is 10.1. The van der Waals surface area contributed by atoms with E-state index in [1.54, 1.807) is 6.08 Å². The number of benzene rings is 4. The molecule has 0 spiro atoms. The number of amides is 1. The van der Waals surface area contributed by atoms with Crippen molar-refractivity contribution >= 4 is 45.3 Å². The van der Waals surface area contributed by atoms with Crippen molar-refractivity contribution in [2.24, 2.45) is 0 Å². The molecule has 0 fully saturated rings. The van der Waals surface area contributed by atoms with Crippen molar-refractivity contribution in [2.75, 3.05) is 0 Å².